The van der Waals surface area contributed by atoms with Gasteiger partial charge in [0.25, 0.3) is 0 Å². The summed E-state index contributed by atoms with van der Waals surface area (Å²) in [6.07, 6.45) is 0. The Hall–Kier alpha value is -0.340. The van der Waals surface area contributed by atoms with Gasteiger partial charge < -0.3 is 5.21 Å². The standard InChI is InChI=1S/H4N2O8S2/c1-8-12(6,7)10-9-11(4,5)2-3/h2-3H,1H2. The predicted octanol–water partition coefficient (Wildman–Crippen LogP) is -2.71. The first-order valence-electron chi connectivity index (χ1n) is 2.00. The highest BCUT2D eigenvalue weighted by molar-refractivity contribution is 7.85. The zero-order valence-electron chi connectivity index (χ0n) is 5.20. The summed E-state index contributed by atoms with van der Waals surface area (Å²) in [5, 5.41) is 7.75. The lowest BCUT2D eigenvalue weighted by atomic mass is 13.5. The van der Waals surface area contributed by atoms with Crippen LogP contribution in [0.25, 0.3) is 0 Å². The van der Waals surface area contributed by atoms with Crippen molar-refractivity contribution in [2.75, 3.05) is 0 Å². The third-order valence-corrected chi connectivity index (χ3v) is 1.46. The highest BCUT2D eigenvalue weighted by Gasteiger charge is 2.18. The summed E-state index contributed by atoms with van der Waals surface area (Å²) in [6.45, 7) is 0. The molecule has 0 aliphatic carbocycles. The van der Waals surface area contributed by atoms with Gasteiger partial charge in [-0.25, -0.2) is 0 Å². The summed E-state index contributed by atoms with van der Waals surface area (Å²) in [6, 6.07) is 0. The SMILES string of the molecule is NOS(=O)(=O)OOS(=O)(=O)NO. The molecule has 0 aromatic heterocycles. The molecular weight excluding hydrogens is 220 g/mol. The van der Waals surface area contributed by atoms with Crippen molar-refractivity contribution in [3.8, 4) is 0 Å². The first-order chi connectivity index (χ1) is 5.33. The number of hydrogen-bond acceptors (Lipinski definition) is 9. The fourth-order valence-corrected chi connectivity index (χ4v) is 0.729. The molecule has 0 atom stereocenters. The molecule has 0 saturated heterocycles. The molecular formula is H4N2O8S2. The minimum Gasteiger partial charge on any atom is -0.300 e. The van der Waals surface area contributed by atoms with Crippen molar-refractivity contribution in [1.29, 1.82) is 0 Å². The molecule has 0 unspecified atom stereocenters. The predicted molar refractivity (Wildman–Crippen MR) is 30.2 cm³/mol. The van der Waals surface area contributed by atoms with Crippen molar-refractivity contribution >= 4 is 20.7 Å². The van der Waals surface area contributed by atoms with E-state index in [-0.39, 0.29) is 0 Å². The number of nitrogens with two attached hydrogens (primary N) is 1. The van der Waals surface area contributed by atoms with Gasteiger partial charge in [0, 0.05) is 0 Å². The Morgan fingerprint density at radius 3 is 2.00 bits per heavy atom. The molecule has 0 spiro atoms. The van der Waals surface area contributed by atoms with E-state index in [1.54, 1.807) is 0 Å². The molecule has 0 amide bonds. The van der Waals surface area contributed by atoms with Crippen LogP contribution in [0.5, 0.6) is 0 Å². The number of hydrogen-bond donors (Lipinski definition) is 3. The van der Waals surface area contributed by atoms with Crippen LogP contribution in [0.15, 0.2) is 0 Å². The summed E-state index contributed by atoms with van der Waals surface area (Å²) in [5.74, 6) is 4.11. The third-order valence-electron chi connectivity index (χ3n) is 0.430. The molecule has 74 valence electrons. The molecule has 0 saturated carbocycles. The molecule has 12 heavy (non-hydrogen) atoms. The van der Waals surface area contributed by atoms with Gasteiger partial charge >= 0.3 is 20.7 Å². The van der Waals surface area contributed by atoms with Gasteiger partial charge in [0.2, 0.25) is 0 Å². The van der Waals surface area contributed by atoms with Crippen molar-refractivity contribution in [3.63, 3.8) is 0 Å². The molecule has 10 nitrogen and oxygen atoms in total. The van der Waals surface area contributed by atoms with E-state index in [2.05, 4.69) is 18.8 Å². The van der Waals surface area contributed by atoms with Crippen LogP contribution < -0.4 is 10.8 Å². The van der Waals surface area contributed by atoms with Crippen LogP contribution in [0.2, 0.25) is 0 Å². The second-order valence-electron chi connectivity index (χ2n) is 1.19. The maximum absolute atomic E-state index is 10.1. The maximum atomic E-state index is 10.1. The van der Waals surface area contributed by atoms with Gasteiger partial charge in [-0.3, -0.25) is 0 Å². The fraction of sp³-hybridized carbons (Fsp3) is 0. The topological polar surface area (TPSA) is 154 Å². The molecule has 0 aliphatic rings. The van der Waals surface area contributed by atoms with E-state index in [1.807, 2.05) is 0 Å². The van der Waals surface area contributed by atoms with E-state index >= 15 is 0 Å². The Balaban J connectivity index is 4.20. The van der Waals surface area contributed by atoms with Crippen molar-refractivity contribution in [1.82, 2.24) is 4.89 Å². The Morgan fingerprint density at radius 2 is 1.67 bits per heavy atom. The molecule has 0 aliphatic heterocycles. The van der Waals surface area contributed by atoms with Crippen LogP contribution in [-0.2, 0) is 33.7 Å². The zero-order chi connectivity index (χ0) is 9.83. The van der Waals surface area contributed by atoms with Crippen LogP contribution in [0.1, 0.15) is 0 Å². The third kappa shape index (κ3) is 4.52. The fourth-order valence-electron chi connectivity index (χ4n) is 0.102. The van der Waals surface area contributed by atoms with Crippen molar-refractivity contribution < 1.29 is 35.0 Å². The van der Waals surface area contributed by atoms with Gasteiger partial charge in [0.1, 0.15) is 0 Å². The van der Waals surface area contributed by atoms with Gasteiger partial charge in [-0.2, -0.15) is 27.0 Å². The van der Waals surface area contributed by atoms with E-state index in [4.69, 9.17) is 5.21 Å². The van der Waals surface area contributed by atoms with Gasteiger partial charge in [-0.05, 0) is 0 Å². The molecule has 0 bridgehead atoms. The second kappa shape index (κ2) is 4.06. The monoisotopic (exact) mass is 224 g/mol. The molecule has 0 heterocycles. The molecule has 12 heteroatoms. The molecule has 0 radical (unpaired) electrons. The lowest BCUT2D eigenvalue weighted by Crippen LogP contribution is -2.25. The van der Waals surface area contributed by atoms with Crippen LogP contribution in [0, 0.1) is 0 Å². The zero-order valence-corrected chi connectivity index (χ0v) is 6.83. The average Bonchev–Trinajstić information content (AvgIpc) is 2.02. The summed E-state index contributed by atoms with van der Waals surface area (Å²) in [4.78, 5) is 0.602. The number of nitrogens with one attached hydrogen (secondary N) is 1. The van der Waals surface area contributed by atoms with Gasteiger partial charge in [0.15, 0.2) is 0 Å². The van der Waals surface area contributed by atoms with Crippen molar-refractivity contribution in [2.45, 2.75) is 0 Å². The van der Waals surface area contributed by atoms with E-state index in [0.29, 0.717) is 4.89 Å². The Labute approximate surface area is 67.2 Å². The number of rotatable bonds is 5. The quantitative estimate of drug-likeness (QED) is 0.334. The van der Waals surface area contributed by atoms with E-state index in [9.17, 15) is 16.8 Å². The maximum Gasteiger partial charge on any atom is 0.443 e. The molecule has 0 fully saturated rings. The first kappa shape index (κ1) is 11.7. The van der Waals surface area contributed by atoms with Crippen molar-refractivity contribution in [2.24, 2.45) is 5.90 Å². The van der Waals surface area contributed by atoms with Gasteiger partial charge in [-0.15, -0.1) is 0 Å². The normalized spacial score (nSPS) is 13.2. The first-order valence-corrected chi connectivity index (χ1v) is 4.74. The van der Waals surface area contributed by atoms with Gasteiger partial charge in [-0.1, -0.05) is 13.6 Å². The summed E-state index contributed by atoms with van der Waals surface area (Å²) in [5.41, 5.74) is 0. The van der Waals surface area contributed by atoms with Crippen molar-refractivity contribution in [3.05, 3.63) is 0 Å². The smallest absolute Gasteiger partial charge is 0.300 e. The summed E-state index contributed by atoms with van der Waals surface area (Å²) in [7, 11) is -9.43. The lowest BCUT2D eigenvalue weighted by molar-refractivity contribution is -0.105. The van der Waals surface area contributed by atoms with E-state index < -0.39 is 20.7 Å². The van der Waals surface area contributed by atoms with Crippen LogP contribution >= 0.6 is 0 Å². The molecule has 0 aromatic rings. The second-order valence-corrected chi connectivity index (χ2v) is 3.56. The van der Waals surface area contributed by atoms with E-state index in [0.717, 1.165) is 0 Å². The average molecular weight is 224 g/mol. The Kier molecular flexibility index (Phi) is 3.94. The summed E-state index contributed by atoms with van der Waals surface area (Å²) >= 11 is 0. The Morgan fingerprint density at radius 1 is 1.17 bits per heavy atom. The largest absolute Gasteiger partial charge is 0.443 e. The Bertz CT molecular complexity index is 275. The molecule has 0 rings (SSSR count). The molecule has 0 aromatic carbocycles. The van der Waals surface area contributed by atoms with Crippen LogP contribution in [0.4, 0.5) is 0 Å². The van der Waals surface area contributed by atoms with Gasteiger partial charge in [0.05, 0.1) is 0 Å². The highest BCUT2D eigenvalue weighted by atomic mass is 32.3. The summed E-state index contributed by atoms with van der Waals surface area (Å²) < 4.78 is 49.8. The lowest BCUT2D eigenvalue weighted by Gasteiger charge is -1.99. The highest BCUT2D eigenvalue weighted by Crippen LogP contribution is 1.96. The van der Waals surface area contributed by atoms with E-state index in [1.165, 1.54) is 0 Å². The minimum absolute atomic E-state index is 0.602. The van der Waals surface area contributed by atoms with Crippen LogP contribution in [0.3, 0.4) is 0 Å². The molecule has 4 N–H and O–H groups in total. The minimum atomic E-state index is -4.74. The van der Waals surface area contributed by atoms with Crippen LogP contribution in [-0.4, -0.2) is 22.0 Å².